The van der Waals surface area contributed by atoms with Crippen LogP contribution in [0.15, 0.2) is 168 Å². The lowest BCUT2D eigenvalue weighted by molar-refractivity contribution is 0.546. The van der Waals surface area contributed by atoms with Crippen molar-refractivity contribution in [3.05, 3.63) is 175 Å². The van der Waals surface area contributed by atoms with Gasteiger partial charge in [-0.3, -0.25) is 0 Å². The standard InChI is InChI=1S/C46H31NOS/c1-3-11-30(12-4-1)40-28-34(47(33-13-5-2-6-14-33)35-23-25-38-37-15-8-10-18-44(37)49-45(38)29-35)22-24-36(40)32-20-19-31-21-26-43-46(41(31)27-32)39-16-7-9-17-42(39)48-43/h1-20,22-25,27-29H,21,26H2. The third kappa shape index (κ3) is 4.69. The number of thiophene rings is 1. The number of para-hydroxylation sites is 2. The largest absolute Gasteiger partial charge is 0.460 e. The minimum absolute atomic E-state index is 0.933. The predicted molar refractivity (Wildman–Crippen MR) is 208 cm³/mol. The van der Waals surface area contributed by atoms with E-state index < -0.39 is 0 Å². The molecule has 7 aromatic carbocycles. The quantitative estimate of drug-likeness (QED) is 0.185. The summed E-state index contributed by atoms with van der Waals surface area (Å²) in [6.45, 7) is 0. The second kappa shape index (κ2) is 11.4. The minimum Gasteiger partial charge on any atom is -0.460 e. The zero-order valence-electron chi connectivity index (χ0n) is 26.8. The predicted octanol–water partition coefficient (Wildman–Crippen LogP) is 13.4. The first-order valence-electron chi connectivity index (χ1n) is 16.9. The molecule has 49 heavy (non-hydrogen) atoms. The second-order valence-electron chi connectivity index (χ2n) is 12.8. The van der Waals surface area contributed by atoms with E-state index in [4.69, 9.17) is 4.42 Å². The molecule has 1 aliphatic rings. The number of hydrogen-bond acceptors (Lipinski definition) is 3. The van der Waals surface area contributed by atoms with Crippen molar-refractivity contribution < 1.29 is 4.42 Å². The first-order chi connectivity index (χ1) is 24.3. The van der Waals surface area contributed by atoms with E-state index in [0.29, 0.717) is 0 Å². The van der Waals surface area contributed by atoms with E-state index in [1.54, 1.807) is 0 Å². The fourth-order valence-corrected chi connectivity index (χ4v) is 8.81. The van der Waals surface area contributed by atoms with E-state index >= 15 is 0 Å². The van der Waals surface area contributed by atoms with Crippen molar-refractivity contribution >= 4 is 59.5 Å². The highest BCUT2D eigenvalue weighted by Gasteiger charge is 2.24. The van der Waals surface area contributed by atoms with Crippen LogP contribution in [-0.4, -0.2) is 0 Å². The Kier molecular flexibility index (Phi) is 6.53. The number of benzene rings is 7. The lowest BCUT2D eigenvalue weighted by atomic mass is 9.85. The Morgan fingerprint density at radius 3 is 2.04 bits per heavy atom. The molecule has 1 aliphatic carbocycles. The summed E-state index contributed by atoms with van der Waals surface area (Å²) in [4.78, 5) is 2.39. The molecule has 0 atom stereocenters. The van der Waals surface area contributed by atoms with E-state index in [1.165, 1.54) is 64.5 Å². The van der Waals surface area contributed by atoms with E-state index in [1.807, 2.05) is 11.3 Å². The summed E-state index contributed by atoms with van der Waals surface area (Å²) in [6.07, 6.45) is 1.92. The van der Waals surface area contributed by atoms with Crippen LogP contribution in [0.5, 0.6) is 0 Å². The van der Waals surface area contributed by atoms with Gasteiger partial charge in [-0.1, -0.05) is 109 Å². The van der Waals surface area contributed by atoms with Crippen LogP contribution in [0.2, 0.25) is 0 Å². The molecular formula is C46H31NOS. The fourth-order valence-electron chi connectivity index (χ4n) is 7.67. The molecule has 0 unspecified atom stereocenters. The topological polar surface area (TPSA) is 16.4 Å². The number of fused-ring (bicyclic) bond motifs is 8. The average Bonchev–Trinajstić information content (AvgIpc) is 3.74. The van der Waals surface area contributed by atoms with Crippen LogP contribution in [0.4, 0.5) is 17.1 Å². The molecule has 2 nitrogen and oxygen atoms in total. The molecule has 3 heteroatoms. The van der Waals surface area contributed by atoms with Gasteiger partial charge in [-0.05, 0) is 94.4 Å². The van der Waals surface area contributed by atoms with Gasteiger partial charge in [-0.2, -0.15) is 0 Å². The fraction of sp³-hybridized carbons (Fsp3) is 0.0435. The van der Waals surface area contributed by atoms with Crippen LogP contribution in [-0.2, 0) is 12.8 Å². The van der Waals surface area contributed by atoms with Gasteiger partial charge in [0.15, 0.2) is 0 Å². The molecule has 10 rings (SSSR count). The van der Waals surface area contributed by atoms with Crippen LogP contribution in [0.3, 0.4) is 0 Å². The highest BCUT2D eigenvalue weighted by molar-refractivity contribution is 7.25. The third-order valence-electron chi connectivity index (χ3n) is 9.96. The molecule has 9 aromatic rings. The first kappa shape index (κ1) is 28.1. The highest BCUT2D eigenvalue weighted by Crippen LogP contribution is 2.46. The molecule has 2 heterocycles. The summed E-state index contributed by atoms with van der Waals surface area (Å²) in [5.41, 5.74) is 13.1. The van der Waals surface area contributed by atoms with Gasteiger partial charge in [0.25, 0.3) is 0 Å². The summed E-state index contributed by atoms with van der Waals surface area (Å²) in [5.74, 6) is 1.10. The first-order valence-corrected chi connectivity index (χ1v) is 17.7. The van der Waals surface area contributed by atoms with Gasteiger partial charge in [0.2, 0.25) is 0 Å². The van der Waals surface area contributed by atoms with Crippen molar-refractivity contribution in [2.24, 2.45) is 0 Å². The Labute approximate surface area is 289 Å². The lowest BCUT2D eigenvalue weighted by Gasteiger charge is -2.27. The van der Waals surface area contributed by atoms with Gasteiger partial charge in [0.05, 0.1) is 0 Å². The Bertz CT molecular complexity index is 2670. The summed E-state index contributed by atoms with van der Waals surface area (Å²) in [6, 6.07) is 59.5. The minimum atomic E-state index is 0.933. The molecule has 0 amide bonds. The smallest absolute Gasteiger partial charge is 0.134 e. The molecule has 0 spiro atoms. The molecule has 0 saturated carbocycles. The molecule has 0 aliphatic heterocycles. The van der Waals surface area contributed by atoms with Crippen molar-refractivity contribution in [2.75, 3.05) is 4.90 Å². The summed E-state index contributed by atoms with van der Waals surface area (Å²) < 4.78 is 8.96. The van der Waals surface area contributed by atoms with E-state index in [-0.39, 0.29) is 0 Å². The maximum Gasteiger partial charge on any atom is 0.134 e. The maximum absolute atomic E-state index is 6.35. The van der Waals surface area contributed by atoms with Gasteiger partial charge in [-0.25, -0.2) is 0 Å². The molecule has 0 N–H and O–H groups in total. The number of rotatable bonds is 5. The van der Waals surface area contributed by atoms with Crippen LogP contribution < -0.4 is 4.90 Å². The summed E-state index contributed by atoms with van der Waals surface area (Å²) in [7, 11) is 0. The number of hydrogen-bond donors (Lipinski definition) is 0. The van der Waals surface area contributed by atoms with Crippen LogP contribution in [0.25, 0.3) is 64.5 Å². The lowest BCUT2D eigenvalue weighted by Crippen LogP contribution is -2.10. The molecule has 0 saturated heterocycles. The highest BCUT2D eigenvalue weighted by atomic mass is 32.1. The van der Waals surface area contributed by atoms with E-state index in [0.717, 1.165) is 41.2 Å². The van der Waals surface area contributed by atoms with Crippen molar-refractivity contribution in [3.8, 4) is 33.4 Å². The Morgan fingerprint density at radius 1 is 0.449 bits per heavy atom. The average molecular weight is 646 g/mol. The Morgan fingerprint density at radius 2 is 1.16 bits per heavy atom. The van der Waals surface area contributed by atoms with E-state index in [2.05, 4.69) is 169 Å². The third-order valence-corrected chi connectivity index (χ3v) is 11.1. The number of aryl methyl sites for hydroxylation is 2. The Balaban J connectivity index is 1.15. The van der Waals surface area contributed by atoms with Gasteiger partial charge >= 0.3 is 0 Å². The van der Waals surface area contributed by atoms with Gasteiger partial charge < -0.3 is 9.32 Å². The molecule has 232 valence electrons. The van der Waals surface area contributed by atoms with Gasteiger partial charge in [0.1, 0.15) is 11.3 Å². The molecule has 2 aromatic heterocycles. The Hall–Kier alpha value is -5.90. The summed E-state index contributed by atoms with van der Waals surface area (Å²) in [5, 5.41) is 3.82. The monoisotopic (exact) mass is 645 g/mol. The summed E-state index contributed by atoms with van der Waals surface area (Å²) >= 11 is 1.86. The van der Waals surface area contributed by atoms with Crippen LogP contribution in [0.1, 0.15) is 11.3 Å². The van der Waals surface area contributed by atoms with Crippen LogP contribution in [0, 0.1) is 0 Å². The number of anilines is 3. The van der Waals surface area contributed by atoms with Crippen LogP contribution >= 0.6 is 11.3 Å². The van der Waals surface area contributed by atoms with Crippen molar-refractivity contribution in [1.29, 1.82) is 0 Å². The van der Waals surface area contributed by atoms with E-state index in [9.17, 15) is 0 Å². The molecule has 0 radical (unpaired) electrons. The van der Waals surface area contributed by atoms with Crippen molar-refractivity contribution in [3.63, 3.8) is 0 Å². The molecular weight excluding hydrogens is 615 g/mol. The zero-order chi connectivity index (χ0) is 32.3. The molecule has 0 fully saturated rings. The number of nitrogens with zero attached hydrogens (tertiary/aromatic N) is 1. The van der Waals surface area contributed by atoms with Gasteiger partial charge in [-0.15, -0.1) is 11.3 Å². The maximum atomic E-state index is 6.35. The van der Waals surface area contributed by atoms with Crippen molar-refractivity contribution in [1.82, 2.24) is 0 Å². The van der Waals surface area contributed by atoms with Gasteiger partial charge in [0, 0.05) is 54.6 Å². The van der Waals surface area contributed by atoms with Crippen molar-refractivity contribution in [2.45, 2.75) is 12.8 Å². The second-order valence-corrected chi connectivity index (χ2v) is 13.9. The number of furan rings is 1. The zero-order valence-corrected chi connectivity index (χ0v) is 27.6. The molecule has 0 bridgehead atoms. The normalized spacial score (nSPS) is 12.3. The SMILES string of the molecule is c1ccc(-c2cc(N(c3ccccc3)c3ccc4c(c3)sc3ccccc34)ccc2-c2ccc3c(c2)-c2c(oc4ccccc24)CC3)cc1.